The van der Waals surface area contributed by atoms with Gasteiger partial charge in [0.25, 0.3) is 5.95 Å². The number of aliphatic hydroxyl groups is 1. The third kappa shape index (κ3) is 4.21. The van der Waals surface area contributed by atoms with Gasteiger partial charge in [-0.3, -0.25) is 0 Å². The van der Waals surface area contributed by atoms with Crippen molar-refractivity contribution in [2.24, 2.45) is 10.2 Å². The predicted molar refractivity (Wildman–Crippen MR) is 60.8 cm³/mol. The first-order valence-electron chi connectivity index (χ1n) is 4.74. The second-order valence-electron chi connectivity index (χ2n) is 3.05. The molecule has 0 amide bonds. The van der Waals surface area contributed by atoms with Crippen LogP contribution in [-0.4, -0.2) is 24.3 Å². The molecule has 0 heterocycles. The van der Waals surface area contributed by atoms with Gasteiger partial charge in [-0.05, 0) is 23.2 Å². The maximum absolute atomic E-state index is 9.60. The Morgan fingerprint density at radius 2 is 1.76 bits per heavy atom. The van der Waals surface area contributed by atoms with E-state index in [4.69, 9.17) is 15.8 Å². The minimum Gasteiger partial charge on any atom is -0.481 e. The molecule has 17 heavy (non-hydrogen) atoms. The Bertz CT molecular complexity index is 420. The third-order valence-electron chi connectivity index (χ3n) is 1.88. The highest BCUT2D eigenvalue weighted by Crippen LogP contribution is 2.14. The van der Waals surface area contributed by atoms with Gasteiger partial charge in [0.15, 0.2) is 0 Å². The summed E-state index contributed by atoms with van der Waals surface area (Å²) in [5.74, 6) is -0.290. The predicted octanol–water partition coefficient (Wildman–Crippen LogP) is 2.89. The summed E-state index contributed by atoms with van der Waals surface area (Å²) in [5, 5.41) is 16.2. The summed E-state index contributed by atoms with van der Waals surface area (Å²) in [7, 11) is 0. The molecule has 1 rings (SSSR count). The van der Waals surface area contributed by atoms with E-state index < -0.39 is 6.10 Å². The minimum atomic E-state index is -0.684. The summed E-state index contributed by atoms with van der Waals surface area (Å²) < 4.78 is 5.14. The fourth-order valence-corrected chi connectivity index (χ4v) is 1.13. The van der Waals surface area contributed by atoms with E-state index in [0.29, 0.717) is 5.57 Å². The zero-order valence-corrected chi connectivity index (χ0v) is 8.84. The van der Waals surface area contributed by atoms with Crippen molar-refractivity contribution < 1.29 is 9.84 Å². The van der Waals surface area contributed by atoms with Crippen LogP contribution in [0.25, 0.3) is 20.9 Å². The normalized spacial score (nSPS) is 13.8. The van der Waals surface area contributed by atoms with E-state index in [1.165, 1.54) is 0 Å². The van der Waals surface area contributed by atoms with Crippen LogP contribution in [0.1, 0.15) is 0 Å². The first kappa shape index (κ1) is 12.5. The Kier molecular flexibility index (Phi) is 5.03. The Labute approximate surface area is 96.8 Å². The van der Waals surface area contributed by atoms with Crippen LogP contribution in [0.2, 0.25) is 0 Å². The van der Waals surface area contributed by atoms with Gasteiger partial charge in [-0.1, -0.05) is 22.4 Å². The molecule has 8 nitrogen and oxygen atoms in total. The highest BCUT2D eigenvalue weighted by Gasteiger charge is 2.12. The largest absolute Gasteiger partial charge is 0.481 e. The second kappa shape index (κ2) is 6.84. The lowest BCUT2D eigenvalue weighted by atomic mass is 10.3. The van der Waals surface area contributed by atoms with Crippen LogP contribution >= 0.6 is 0 Å². The number of hydrogen-bond acceptors (Lipinski definition) is 4. The molecule has 1 N–H and O–H groups in total. The quantitative estimate of drug-likeness (QED) is 0.328. The van der Waals surface area contributed by atoms with E-state index in [1.807, 2.05) is 0 Å². The SMILES string of the molecule is [N-]=[N+]=NCC(CN=[N+]=[N-])OC(O)=C1C=CC=C1. The number of hydrogen-bond donors (Lipinski definition) is 1. The summed E-state index contributed by atoms with van der Waals surface area (Å²) in [6, 6.07) is 0. The van der Waals surface area contributed by atoms with E-state index in [2.05, 4.69) is 20.1 Å². The number of azide groups is 2. The Balaban J connectivity index is 2.67. The molecule has 0 unspecified atom stereocenters. The lowest BCUT2D eigenvalue weighted by Crippen LogP contribution is -2.20. The first-order valence-corrected chi connectivity index (χ1v) is 4.74. The monoisotopic (exact) mass is 234 g/mol. The number of rotatable bonds is 6. The van der Waals surface area contributed by atoms with Gasteiger partial charge in [0.05, 0.1) is 18.7 Å². The number of aliphatic hydroxyl groups excluding tert-OH is 1. The fraction of sp³-hybridized carbons (Fsp3) is 0.333. The number of ether oxygens (including phenoxy) is 1. The van der Waals surface area contributed by atoms with Crippen LogP contribution in [0.3, 0.4) is 0 Å². The summed E-state index contributed by atoms with van der Waals surface area (Å²) in [4.78, 5) is 5.15. The van der Waals surface area contributed by atoms with Crippen LogP contribution in [-0.2, 0) is 4.74 Å². The van der Waals surface area contributed by atoms with Crippen LogP contribution in [0.4, 0.5) is 0 Å². The van der Waals surface area contributed by atoms with Gasteiger partial charge < -0.3 is 9.84 Å². The second-order valence-corrected chi connectivity index (χ2v) is 3.05. The van der Waals surface area contributed by atoms with Gasteiger partial charge in [0, 0.05) is 9.82 Å². The summed E-state index contributed by atoms with van der Waals surface area (Å²) in [5.41, 5.74) is 16.9. The molecule has 0 fully saturated rings. The number of allylic oxidation sites excluding steroid dienone is 5. The molecule has 0 aromatic carbocycles. The van der Waals surface area contributed by atoms with Crippen LogP contribution in [0, 0.1) is 0 Å². The smallest absolute Gasteiger partial charge is 0.284 e. The Hall–Kier alpha value is -2.56. The zero-order chi connectivity index (χ0) is 12.5. The van der Waals surface area contributed by atoms with Crippen LogP contribution in [0.15, 0.2) is 46.1 Å². The van der Waals surface area contributed by atoms with E-state index in [-0.39, 0.29) is 19.0 Å². The lowest BCUT2D eigenvalue weighted by Gasteiger charge is -2.14. The van der Waals surface area contributed by atoms with Gasteiger partial charge in [0.2, 0.25) is 0 Å². The molecule has 1 aliphatic rings. The van der Waals surface area contributed by atoms with E-state index in [9.17, 15) is 5.11 Å². The molecule has 88 valence electrons. The Morgan fingerprint density at radius 1 is 1.24 bits per heavy atom. The van der Waals surface area contributed by atoms with Crippen molar-refractivity contribution in [3.63, 3.8) is 0 Å². The van der Waals surface area contributed by atoms with Gasteiger partial charge in [-0.15, -0.1) is 0 Å². The molecule has 0 bridgehead atoms. The highest BCUT2D eigenvalue weighted by molar-refractivity contribution is 5.40. The molecular weight excluding hydrogens is 224 g/mol. The Morgan fingerprint density at radius 3 is 2.24 bits per heavy atom. The molecule has 0 aliphatic heterocycles. The van der Waals surface area contributed by atoms with Crippen molar-refractivity contribution in [1.82, 2.24) is 0 Å². The topological polar surface area (TPSA) is 127 Å². The zero-order valence-electron chi connectivity index (χ0n) is 8.84. The average molecular weight is 234 g/mol. The van der Waals surface area contributed by atoms with Crippen molar-refractivity contribution in [3.05, 3.63) is 56.7 Å². The fourth-order valence-electron chi connectivity index (χ4n) is 1.13. The van der Waals surface area contributed by atoms with E-state index >= 15 is 0 Å². The van der Waals surface area contributed by atoms with Crippen LogP contribution < -0.4 is 0 Å². The maximum Gasteiger partial charge on any atom is 0.284 e. The number of nitrogens with zero attached hydrogens (tertiary/aromatic N) is 6. The maximum atomic E-state index is 9.60. The van der Waals surface area contributed by atoms with Crippen LogP contribution in [0.5, 0.6) is 0 Å². The molecule has 8 heteroatoms. The molecular formula is C9H10N6O2. The molecule has 0 spiro atoms. The van der Waals surface area contributed by atoms with Crippen molar-refractivity contribution >= 4 is 0 Å². The van der Waals surface area contributed by atoms with Gasteiger partial charge in [-0.2, -0.15) is 0 Å². The summed E-state index contributed by atoms with van der Waals surface area (Å²) in [6.45, 7) is -0.0550. The van der Waals surface area contributed by atoms with Crippen molar-refractivity contribution in [2.75, 3.05) is 13.1 Å². The van der Waals surface area contributed by atoms with Gasteiger partial charge in [0.1, 0.15) is 6.10 Å². The van der Waals surface area contributed by atoms with Gasteiger partial charge >= 0.3 is 0 Å². The molecule has 0 aromatic heterocycles. The lowest BCUT2D eigenvalue weighted by molar-refractivity contribution is 0.0400. The van der Waals surface area contributed by atoms with Crippen molar-refractivity contribution in [3.8, 4) is 0 Å². The van der Waals surface area contributed by atoms with Crippen molar-refractivity contribution in [2.45, 2.75) is 6.10 Å². The summed E-state index contributed by atoms with van der Waals surface area (Å²) >= 11 is 0. The van der Waals surface area contributed by atoms with E-state index in [1.54, 1.807) is 24.3 Å². The molecule has 0 aromatic rings. The van der Waals surface area contributed by atoms with E-state index in [0.717, 1.165) is 0 Å². The first-order chi connectivity index (χ1) is 8.27. The van der Waals surface area contributed by atoms with Crippen molar-refractivity contribution in [1.29, 1.82) is 0 Å². The average Bonchev–Trinajstić information content (AvgIpc) is 2.86. The standard InChI is InChI=1S/C9H10N6O2/c10-14-12-5-8(6-13-15-11)17-9(16)7-3-1-2-4-7/h1-4,8,16H,5-6H2. The van der Waals surface area contributed by atoms with Gasteiger partial charge in [-0.25, -0.2) is 0 Å². The molecule has 0 atom stereocenters. The third-order valence-corrected chi connectivity index (χ3v) is 1.88. The molecule has 1 aliphatic carbocycles. The summed E-state index contributed by atoms with van der Waals surface area (Å²) in [6.07, 6.45) is 6.12. The molecule has 0 radical (unpaired) electrons. The molecule has 0 saturated carbocycles. The highest BCUT2D eigenvalue weighted by atomic mass is 16.6. The molecule has 0 saturated heterocycles. The minimum absolute atomic E-state index is 0.0275.